The van der Waals surface area contributed by atoms with Gasteiger partial charge in [0.2, 0.25) is 11.8 Å². The number of nitrogens with one attached hydrogen (secondary N) is 2. The number of amides is 2. The molecule has 0 fully saturated rings. The summed E-state index contributed by atoms with van der Waals surface area (Å²) in [6, 6.07) is 13.2. The summed E-state index contributed by atoms with van der Waals surface area (Å²) in [5, 5.41) is 7.85. The lowest BCUT2D eigenvalue weighted by Gasteiger charge is -2.03. The topological polar surface area (TPSA) is 97.1 Å². The molecule has 7 nitrogen and oxygen atoms in total. The van der Waals surface area contributed by atoms with E-state index < -0.39 is 0 Å². The van der Waals surface area contributed by atoms with Gasteiger partial charge in [-0.3, -0.25) is 9.59 Å². The predicted octanol–water partition coefficient (Wildman–Crippen LogP) is 5.13. The van der Waals surface area contributed by atoms with Crippen LogP contribution in [0.15, 0.2) is 64.5 Å². The molecule has 0 bridgehead atoms. The van der Waals surface area contributed by atoms with E-state index in [9.17, 15) is 14.0 Å². The lowest BCUT2D eigenvalue weighted by molar-refractivity contribution is -0.116. The van der Waals surface area contributed by atoms with Crippen molar-refractivity contribution in [1.29, 1.82) is 0 Å². The summed E-state index contributed by atoms with van der Waals surface area (Å²) in [5.41, 5.74) is 3.04. The third-order valence-corrected chi connectivity index (χ3v) is 5.26. The Kier molecular flexibility index (Phi) is 6.37. The quantitative estimate of drug-likeness (QED) is 0.407. The number of aryl methyl sites for hydroxylation is 1. The summed E-state index contributed by atoms with van der Waals surface area (Å²) in [5.74, 6) is 0.298. The molecule has 0 aliphatic rings. The fourth-order valence-corrected chi connectivity index (χ4v) is 3.70. The molecule has 2 aromatic carbocycles. The maximum atomic E-state index is 13.0. The number of benzene rings is 2. The van der Waals surface area contributed by atoms with E-state index in [1.807, 2.05) is 17.5 Å². The van der Waals surface area contributed by atoms with Gasteiger partial charge in [0.1, 0.15) is 5.82 Å². The second kappa shape index (κ2) is 9.52. The van der Waals surface area contributed by atoms with Gasteiger partial charge in [0.05, 0.1) is 11.9 Å². The van der Waals surface area contributed by atoms with Crippen LogP contribution in [0.2, 0.25) is 0 Å². The van der Waals surface area contributed by atoms with Crippen LogP contribution < -0.4 is 10.6 Å². The number of carbonyl (C=O) groups excluding carboxylic acids is 2. The maximum absolute atomic E-state index is 13.0. The van der Waals surface area contributed by atoms with Gasteiger partial charge in [-0.2, -0.15) is 0 Å². The van der Waals surface area contributed by atoms with Crippen LogP contribution in [0.1, 0.15) is 19.2 Å². The zero-order valence-corrected chi connectivity index (χ0v) is 17.9. The summed E-state index contributed by atoms with van der Waals surface area (Å²) in [6.07, 6.45) is 2.07. The highest BCUT2D eigenvalue weighted by Crippen LogP contribution is 2.26. The van der Waals surface area contributed by atoms with Crippen molar-refractivity contribution in [2.24, 2.45) is 0 Å². The Labute approximate surface area is 187 Å². The smallest absolute Gasteiger partial charge is 0.226 e. The Balaban J connectivity index is 1.31. The third kappa shape index (κ3) is 5.44. The molecular weight excluding hydrogens is 431 g/mol. The molecule has 2 amide bonds. The molecule has 0 aliphatic heterocycles. The first-order valence-electron chi connectivity index (χ1n) is 9.80. The first kappa shape index (κ1) is 21.4. The van der Waals surface area contributed by atoms with Crippen molar-refractivity contribution in [3.05, 3.63) is 71.8 Å². The largest absolute Gasteiger partial charge is 0.441 e. The minimum absolute atomic E-state index is 0.132. The number of oxazole rings is 1. The van der Waals surface area contributed by atoms with Crippen molar-refractivity contribution >= 4 is 34.0 Å². The Bertz CT molecular complexity index is 1230. The molecule has 4 aromatic rings. The second-order valence-corrected chi connectivity index (χ2v) is 7.83. The standard InChI is InChI=1S/C23H19FN4O3S/c1-14(29)26-18-8-4-15(5-9-18)19-13-32-23(27-19)28-21(30)10-11-22-25-12-20(31-22)16-2-6-17(24)7-3-16/h2-9,12-13H,10-11H2,1H3,(H,26,29)(H,27,28,30). The number of aromatic nitrogens is 2. The van der Waals surface area contributed by atoms with E-state index in [0.29, 0.717) is 28.9 Å². The minimum Gasteiger partial charge on any atom is -0.441 e. The second-order valence-electron chi connectivity index (χ2n) is 6.97. The fourth-order valence-electron chi connectivity index (χ4n) is 2.97. The highest BCUT2D eigenvalue weighted by atomic mass is 32.1. The molecule has 0 saturated heterocycles. The van der Waals surface area contributed by atoms with Crippen molar-refractivity contribution in [2.45, 2.75) is 19.8 Å². The number of hydrogen-bond acceptors (Lipinski definition) is 6. The van der Waals surface area contributed by atoms with Crippen LogP contribution in [-0.4, -0.2) is 21.8 Å². The van der Waals surface area contributed by atoms with E-state index in [2.05, 4.69) is 20.6 Å². The molecule has 0 radical (unpaired) electrons. The Hall–Kier alpha value is -3.85. The molecule has 2 aromatic heterocycles. The zero-order chi connectivity index (χ0) is 22.5. The van der Waals surface area contributed by atoms with Crippen molar-refractivity contribution < 1.29 is 18.4 Å². The number of anilines is 2. The van der Waals surface area contributed by atoms with Gasteiger partial charge in [0.15, 0.2) is 16.8 Å². The molecule has 162 valence electrons. The normalized spacial score (nSPS) is 10.7. The Morgan fingerprint density at radius 2 is 1.75 bits per heavy atom. The van der Waals surface area contributed by atoms with Crippen LogP contribution in [0.3, 0.4) is 0 Å². The van der Waals surface area contributed by atoms with Crippen molar-refractivity contribution in [3.63, 3.8) is 0 Å². The lowest BCUT2D eigenvalue weighted by atomic mass is 10.1. The van der Waals surface area contributed by atoms with Gasteiger partial charge in [0, 0.05) is 42.0 Å². The predicted molar refractivity (Wildman–Crippen MR) is 121 cm³/mol. The SMILES string of the molecule is CC(=O)Nc1ccc(-c2csc(NC(=O)CCc3ncc(-c4ccc(F)cc4)o3)n2)cc1. The average Bonchev–Trinajstić information content (AvgIpc) is 3.43. The average molecular weight is 450 g/mol. The molecule has 0 atom stereocenters. The number of thiazole rings is 1. The molecular formula is C23H19FN4O3S. The van der Waals surface area contributed by atoms with Gasteiger partial charge in [-0.15, -0.1) is 11.3 Å². The molecule has 0 aliphatic carbocycles. The van der Waals surface area contributed by atoms with Gasteiger partial charge in [-0.25, -0.2) is 14.4 Å². The summed E-state index contributed by atoms with van der Waals surface area (Å²) in [7, 11) is 0. The van der Waals surface area contributed by atoms with E-state index >= 15 is 0 Å². The van der Waals surface area contributed by atoms with Crippen LogP contribution in [0.25, 0.3) is 22.6 Å². The number of rotatable bonds is 7. The van der Waals surface area contributed by atoms with Gasteiger partial charge < -0.3 is 15.1 Å². The summed E-state index contributed by atoms with van der Waals surface area (Å²) in [4.78, 5) is 32.0. The minimum atomic E-state index is -0.322. The lowest BCUT2D eigenvalue weighted by Crippen LogP contribution is -2.12. The molecule has 0 spiro atoms. The summed E-state index contributed by atoms with van der Waals surface area (Å²) >= 11 is 1.33. The van der Waals surface area contributed by atoms with Gasteiger partial charge in [-0.05, 0) is 36.4 Å². The summed E-state index contributed by atoms with van der Waals surface area (Å²) < 4.78 is 18.7. The number of halogens is 1. The molecule has 4 rings (SSSR count). The Morgan fingerprint density at radius 3 is 2.47 bits per heavy atom. The van der Waals surface area contributed by atoms with Crippen LogP contribution in [0, 0.1) is 5.82 Å². The highest BCUT2D eigenvalue weighted by Gasteiger charge is 2.12. The van der Waals surface area contributed by atoms with Crippen molar-refractivity contribution in [3.8, 4) is 22.6 Å². The third-order valence-electron chi connectivity index (χ3n) is 4.50. The summed E-state index contributed by atoms with van der Waals surface area (Å²) in [6.45, 7) is 1.45. The van der Waals surface area contributed by atoms with E-state index in [0.717, 1.165) is 16.8 Å². The number of nitrogens with zero attached hydrogens (tertiary/aromatic N) is 2. The fraction of sp³-hybridized carbons (Fsp3) is 0.130. The van der Waals surface area contributed by atoms with E-state index in [-0.39, 0.29) is 24.1 Å². The van der Waals surface area contributed by atoms with Crippen molar-refractivity contribution in [2.75, 3.05) is 10.6 Å². The number of hydrogen-bond donors (Lipinski definition) is 2. The van der Waals surface area contributed by atoms with Crippen LogP contribution in [0.4, 0.5) is 15.2 Å². The van der Waals surface area contributed by atoms with Crippen molar-refractivity contribution in [1.82, 2.24) is 9.97 Å². The van der Waals surface area contributed by atoms with E-state index in [1.165, 1.54) is 30.4 Å². The molecule has 0 saturated carbocycles. The molecule has 2 N–H and O–H groups in total. The molecule has 9 heteroatoms. The zero-order valence-electron chi connectivity index (χ0n) is 17.1. The molecule has 32 heavy (non-hydrogen) atoms. The molecule has 2 heterocycles. The van der Waals surface area contributed by atoms with E-state index in [4.69, 9.17) is 4.42 Å². The van der Waals surface area contributed by atoms with E-state index in [1.54, 1.807) is 30.5 Å². The number of carbonyl (C=O) groups is 2. The first-order chi connectivity index (χ1) is 15.5. The van der Waals surface area contributed by atoms with Gasteiger partial charge >= 0.3 is 0 Å². The monoisotopic (exact) mass is 450 g/mol. The van der Waals surface area contributed by atoms with Crippen LogP contribution in [-0.2, 0) is 16.0 Å². The van der Waals surface area contributed by atoms with Crippen LogP contribution >= 0.6 is 11.3 Å². The first-order valence-corrected chi connectivity index (χ1v) is 10.7. The maximum Gasteiger partial charge on any atom is 0.226 e. The highest BCUT2D eigenvalue weighted by molar-refractivity contribution is 7.14. The van der Waals surface area contributed by atoms with Crippen LogP contribution in [0.5, 0.6) is 0 Å². The molecule has 0 unspecified atom stereocenters. The Morgan fingerprint density at radius 1 is 1.03 bits per heavy atom. The van der Waals surface area contributed by atoms with Gasteiger partial charge in [0.25, 0.3) is 0 Å². The van der Waals surface area contributed by atoms with Gasteiger partial charge in [-0.1, -0.05) is 12.1 Å².